The summed E-state index contributed by atoms with van der Waals surface area (Å²) in [4.78, 5) is 0. The van der Waals surface area contributed by atoms with E-state index in [0.717, 1.165) is 0 Å². The quantitative estimate of drug-likeness (QED) is 0.256. The minimum atomic E-state index is 0. The van der Waals surface area contributed by atoms with Gasteiger partial charge in [-0.05, 0) is 0 Å². The number of rotatable bonds is 0. The van der Waals surface area contributed by atoms with E-state index < -0.39 is 0 Å². The molecule has 0 aliphatic heterocycles. The van der Waals surface area contributed by atoms with Crippen molar-refractivity contribution in [2.24, 2.45) is 0 Å². The summed E-state index contributed by atoms with van der Waals surface area (Å²) in [6, 6.07) is 0. The van der Waals surface area contributed by atoms with Crippen molar-refractivity contribution in [3.8, 4) is 0 Å². The van der Waals surface area contributed by atoms with E-state index in [2.05, 4.69) is 0 Å². The molecule has 0 amide bonds. The second-order valence-corrected chi connectivity index (χ2v) is 0. The summed E-state index contributed by atoms with van der Waals surface area (Å²) in [5, 5.41) is 0. The smallest absolute Gasteiger partial charge is 0 e. The van der Waals surface area contributed by atoms with Crippen LogP contribution in [0.4, 0.5) is 0 Å². The monoisotopic (exact) mass is 863 g/mol. The number of hydrogen-bond donors (Lipinski definition) is 0. The fourth-order valence-electron chi connectivity index (χ4n) is 0. The molecule has 1 radical (unpaired) electrons. The van der Waals surface area contributed by atoms with Crippen LogP contribution in [-0.2, 0) is 27.3 Å². The standard InChI is InChI=1S/Cd.Cs.3HI.Th/h;;3*1H;. The zero-order chi connectivity index (χ0) is 0. The first-order chi connectivity index (χ1) is 0. The molecule has 0 aromatic rings. The van der Waals surface area contributed by atoms with Crippen molar-refractivity contribution < 1.29 is 67.2 Å². The molecule has 6 heteroatoms. The second kappa shape index (κ2) is 30.0. The van der Waals surface area contributed by atoms with Crippen molar-refractivity contribution >= 4 is 141 Å². The third-order valence-corrected chi connectivity index (χ3v) is 0. The second-order valence-electron chi connectivity index (χ2n) is 0. The van der Waals surface area contributed by atoms with Gasteiger partial charge in [-0.3, -0.25) is 0 Å². The van der Waals surface area contributed by atoms with Crippen LogP contribution >= 0.6 is 71.9 Å². The minimum absolute atomic E-state index is 0. The van der Waals surface area contributed by atoms with Crippen LogP contribution in [0.3, 0.4) is 0 Å². The molecule has 0 unspecified atom stereocenters. The summed E-state index contributed by atoms with van der Waals surface area (Å²) in [6.45, 7) is 0. The number of hydrogen-bond acceptors (Lipinski definition) is 0. The Balaban J connectivity index is 0. The van der Waals surface area contributed by atoms with Gasteiger partial charge in [0, 0.05) is 136 Å². The molecule has 0 rings (SSSR count). The maximum atomic E-state index is 0. The van der Waals surface area contributed by atoms with Crippen LogP contribution in [0.15, 0.2) is 0 Å². The van der Waals surface area contributed by atoms with Crippen molar-refractivity contribution in [2.75, 3.05) is 0 Å². The molecular formula is H3CdCsI3Th. The van der Waals surface area contributed by atoms with E-state index in [4.69, 9.17) is 0 Å². The Bertz CT molecular complexity index is 10.8. The molecule has 0 saturated heterocycles. The van der Waals surface area contributed by atoms with Crippen LogP contribution < -0.4 is 0 Å². The molecule has 0 aromatic heterocycles. The van der Waals surface area contributed by atoms with E-state index in [0.29, 0.717) is 0 Å². The van der Waals surface area contributed by atoms with Crippen LogP contribution in [-0.4, -0.2) is 68.9 Å². The van der Waals surface area contributed by atoms with E-state index in [9.17, 15) is 0 Å². The topological polar surface area (TPSA) is 0 Å². The molecule has 6 heavy (non-hydrogen) atoms. The third-order valence-electron chi connectivity index (χ3n) is 0. The Morgan fingerprint density at radius 3 is 0.667 bits per heavy atom. The summed E-state index contributed by atoms with van der Waals surface area (Å²) in [5.74, 6) is 0. The summed E-state index contributed by atoms with van der Waals surface area (Å²) < 4.78 is 0. The van der Waals surface area contributed by atoms with Crippen molar-refractivity contribution in [2.45, 2.75) is 0 Å². The minimum Gasteiger partial charge on any atom is -0.107 e. The Labute approximate surface area is 201 Å². The molecule has 0 aromatic carbocycles. The molecule has 0 atom stereocenters. The van der Waals surface area contributed by atoms with Crippen molar-refractivity contribution in [1.82, 2.24) is 0 Å². The summed E-state index contributed by atoms with van der Waals surface area (Å²) in [5.41, 5.74) is 0. The van der Waals surface area contributed by atoms with E-state index in [-0.39, 0.29) is 208 Å². The molecular weight excluding hydrogens is 858 g/mol. The van der Waals surface area contributed by atoms with Crippen LogP contribution in [0.1, 0.15) is 0 Å². The van der Waals surface area contributed by atoms with E-state index >= 15 is 0 Å². The van der Waals surface area contributed by atoms with Crippen molar-refractivity contribution in [3.63, 3.8) is 0 Å². The number of halogens is 3. The van der Waals surface area contributed by atoms with Crippen molar-refractivity contribution in [3.05, 3.63) is 0 Å². The van der Waals surface area contributed by atoms with Crippen LogP contribution in [0.25, 0.3) is 0 Å². The molecule has 0 bridgehead atoms. The van der Waals surface area contributed by atoms with E-state index in [1.165, 1.54) is 0 Å². The maximum absolute atomic E-state index is 0. The molecule has 0 aliphatic carbocycles. The zero-order valence-electron chi connectivity index (χ0n) is 3.43. The van der Waals surface area contributed by atoms with Gasteiger partial charge in [0.05, 0.1) is 0 Å². The Hall–Kier alpha value is 6.49. The Morgan fingerprint density at radius 2 is 0.667 bits per heavy atom. The molecule has 0 saturated carbocycles. The van der Waals surface area contributed by atoms with Crippen molar-refractivity contribution in [1.29, 1.82) is 0 Å². The molecule has 0 aliphatic rings. The fourth-order valence-corrected chi connectivity index (χ4v) is 0. The van der Waals surface area contributed by atoms with Gasteiger partial charge < -0.3 is 0 Å². The molecule has 0 fully saturated rings. The van der Waals surface area contributed by atoms with Gasteiger partial charge in [0.1, 0.15) is 0 Å². The Morgan fingerprint density at radius 1 is 0.667 bits per heavy atom. The molecule has 0 heterocycles. The maximum Gasteiger partial charge on any atom is 0 e. The van der Waals surface area contributed by atoms with Crippen LogP contribution in [0.5, 0.6) is 0 Å². The fraction of sp³-hybridized carbons (Fsp3) is 0. The third kappa shape index (κ3) is 22.4. The van der Waals surface area contributed by atoms with Gasteiger partial charge in [-0.25, -0.2) is 0 Å². The molecule has 31 valence electrons. The average Bonchev–Trinajstić information content (AvgIpc) is 0. The molecule has 0 N–H and O–H groups in total. The molecule has 0 spiro atoms. The van der Waals surface area contributed by atoms with Crippen LogP contribution in [0.2, 0.25) is 0 Å². The summed E-state index contributed by atoms with van der Waals surface area (Å²) in [6.07, 6.45) is 0. The van der Waals surface area contributed by atoms with Gasteiger partial charge in [-0.2, -0.15) is 0 Å². The van der Waals surface area contributed by atoms with E-state index in [1.54, 1.807) is 0 Å². The SMILES string of the molecule is I.I.I.[Cd].[Cs].[Th]. The average molecular weight is 861 g/mol. The first-order valence-corrected chi connectivity index (χ1v) is 0. The van der Waals surface area contributed by atoms with Gasteiger partial charge >= 0.3 is 0 Å². The predicted octanol–water partition coefficient (Wildman–Crippen LogP) is 1.47. The van der Waals surface area contributed by atoms with Gasteiger partial charge in [-0.15, -0.1) is 71.9 Å². The largest absolute Gasteiger partial charge is 0.107 e. The first-order valence-electron chi connectivity index (χ1n) is 0. The van der Waals surface area contributed by atoms with Gasteiger partial charge in [0.25, 0.3) is 0 Å². The van der Waals surface area contributed by atoms with E-state index in [1.807, 2.05) is 0 Å². The Kier molecular flexibility index (Phi) is 196. The van der Waals surface area contributed by atoms with Gasteiger partial charge in [0.2, 0.25) is 0 Å². The summed E-state index contributed by atoms with van der Waals surface area (Å²) >= 11 is 0. The van der Waals surface area contributed by atoms with Gasteiger partial charge in [-0.1, -0.05) is 0 Å². The van der Waals surface area contributed by atoms with Gasteiger partial charge in [0.15, 0.2) is 0 Å². The predicted molar refractivity (Wildman–Crippen MR) is 52.0 cm³/mol. The normalized spacial score (nSPS) is 0. The van der Waals surface area contributed by atoms with Crippen LogP contribution in [0, 0.1) is 39.9 Å². The summed E-state index contributed by atoms with van der Waals surface area (Å²) in [7, 11) is 0. The first kappa shape index (κ1) is 39.2. The zero-order valence-corrected chi connectivity index (χ0v) is 24.8. The molecule has 0 nitrogen and oxygen atoms in total.